The highest BCUT2D eigenvalue weighted by atomic mass is 32.1. The summed E-state index contributed by atoms with van der Waals surface area (Å²) >= 11 is 1.66. The third kappa shape index (κ3) is 3.06. The van der Waals surface area contributed by atoms with Crippen LogP contribution in [0.1, 0.15) is 37.7 Å². The molecule has 2 aromatic rings. The molecule has 2 heterocycles. The lowest BCUT2D eigenvalue weighted by Gasteiger charge is -2.21. The minimum Gasteiger partial charge on any atom is -0.448 e. The monoisotopic (exact) mass is 329 g/mol. The van der Waals surface area contributed by atoms with Gasteiger partial charge in [-0.05, 0) is 53.8 Å². The van der Waals surface area contributed by atoms with Gasteiger partial charge in [0.2, 0.25) is 5.91 Å². The van der Waals surface area contributed by atoms with E-state index in [-0.39, 0.29) is 5.91 Å². The number of ether oxygens (including phenoxy) is 2. The van der Waals surface area contributed by atoms with Crippen LogP contribution in [0, 0.1) is 0 Å². The summed E-state index contributed by atoms with van der Waals surface area (Å²) in [6.07, 6.45) is 5.40. The number of amides is 1. The molecule has 23 heavy (non-hydrogen) atoms. The Morgan fingerprint density at radius 3 is 2.78 bits per heavy atom. The van der Waals surface area contributed by atoms with Crippen molar-refractivity contribution in [3.63, 3.8) is 0 Å². The number of anilines is 1. The van der Waals surface area contributed by atoms with Gasteiger partial charge in [0, 0.05) is 31.0 Å². The van der Waals surface area contributed by atoms with Crippen LogP contribution in [0.25, 0.3) is 0 Å². The summed E-state index contributed by atoms with van der Waals surface area (Å²) in [6.45, 7) is 0. The lowest BCUT2D eigenvalue weighted by atomic mass is 10.2. The number of aryl methyl sites for hydroxylation is 1. The van der Waals surface area contributed by atoms with Crippen LogP contribution in [-0.4, -0.2) is 11.7 Å². The quantitative estimate of drug-likeness (QED) is 0.906. The first-order valence-corrected chi connectivity index (χ1v) is 9.00. The molecule has 1 aromatic carbocycles. The van der Waals surface area contributed by atoms with E-state index in [1.54, 1.807) is 11.3 Å². The zero-order valence-corrected chi connectivity index (χ0v) is 13.7. The van der Waals surface area contributed by atoms with E-state index in [1.807, 2.05) is 23.6 Å². The van der Waals surface area contributed by atoms with Crippen LogP contribution in [0.5, 0.6) is 11.5 Å². The normalized spacial score (nSPS) is 17.6. The summed E-state index contributed by atoms with van der Waals surface area (Å²) in [7, 11) is 0. The Morgan fingerprint density at radius 2 is 2.00 bits per heavy atom. The minimum absolute atomic E-state index is 0.0191. The zero-order valence-electron chi connectivity index (χ0n) is 12.8. The predicted molar refractivity (Wildman–Crippen MR) is 90.2 cm³/mol. The predicted octanol–water partition coefficient (Wildman–Crippen LogP) is 4.36. The number of rotatable bonds is 4. The smallest absolute Gasteiger partial charge is 0.251 e. The highest BCUT2D eigenvalue weighted by Crippen LogP contribution is 2.47. The Labute approximate surface area is 139 Å². The van der Waals surface area contributed by atoms with Crippen LogP contribution >= 0.6 is 11.3 Å². The molecule has 1 fully saturated rings. The molecule has 1 aliphatic carbocycles. The second-order valence-corrected chi connectivity index (χ2v) is 6.94. The average molecular weight is 329 g/mol. The number of nitrogens with one attached hydrogen (secondary N) is 1. The van der Waals surface area contributed by atoms with Gasteiger partial charge in [0.15, 0.2) is 11.5 Å². The van der Waals surface area contributed by atoms with Crippen molar-refractivity contribution in [1.29, 1.82) is 0 Å². The fourth-order valence-corrected chi connectivity index (χ4v) is 3.91. The van der Waals surface area contributed by atoms with Crippen molar-refractivity contribution in [2.24, 2.45) is 0 Å². The molecule has 0 radical (unpaired) electrons. The Hall–Kier alpha value is -2.01. The topological polar surface area (TPSA) is 47.6 Å². The van der Waals surface area contributed by atoms with Gasteiger partial charge in [-0.25, -0.2) is 0 Å². The third-order valence-corrected chi connectivity index (χ3v) is 5.14. The van der Waals surface area contributed by atoms with E-state index < -0.39 is 5.79 Å². The Balaban J connectivity index is 1.38. The van der Waals surface area contributed by atoms with E-state index >= 15 is 0 Å². The second kappa shape index (κ2) is 5.89. The molecule has 1 saturated carbocycles. The molecule has 5 heteroatoms. The lowest BCUT2D eigenvalue weighted by Crippen LogP contribution is -2.34. The van der Waals surface area contributed by atoms with Crippen molar-refractivity contribution in [2.75, 3.05) is 5.32 Å². The van der Waals surface area contributed by atoms with E-state index in [0.29, 0.717) is 6.42 Å². The molecule has 0 bridgehead atoms. The van der Waals surface area contributed by atoms with E-state index in [1.165, 1.54) is 5.56 Å². The first kappa shape index (κ1) is 14.6. The fraction of sp³-hybridized carbons (Fsp3) is 0.389. The molecule has 1 N–H and O–H groups in total. The van der Waals surface area contributed by atoms with Gasteiger partial charge in [-0.2, -0.15) is 11.3 Å². The maximum atomic E-state index is 12.1. The van der Waals surface area contributed by atoms with Gasteiger partial charge >= 0.3 is 0 Å². The van der Waals surface area contributed by atoms with Gasteiger partial charge in [0.05, 0.1) is 0 Å². The zero-order chi connectivity index (χ0) is 15.7. The summed E-state index contributed by atoms with van der Waals surface area (Å²) in [4.78, 5) is 12.1. The Kier molecular flexibility index (Phi) is 3.73. The number of hydrogen-bond acceptors (Lipinski definition) is 4. The SMILES string of the molecule is O=C(CCc1ccsc1)Nc1ccc2c(c1)OC1(CCCC1)O2. The van der Waals surface area contributed by atoms with E-state index in [9.17, 15) is 4.79 Å². The first-order chi connectivity index (χ1) is 11.2. The maximum Gasteiger partial charge on any atom is 0.251 e. The molecule has 4 rings (SSSR count). The molecular weight excluding hydrogens is 310 g/mol. The Bertz CT molecular complexity index is 705. The third-order valence-electron chi connectivity index (χ3n) is 4.41. The summed E-state index contributed by atoms with van der Waals surface area (Å²) in [5.41, 5.74) is 1.97. The summed E-state index contributed by atoms with van der Waals surface area (Å²) < 4.78 is 12.0. The van der Waals surface area contributed by atoms with E-state index in [4.69, 9.17) is 9.47 Å². The molecular formula is C18H19NO3S. The highest BCUT2D eigenvalue weighted by Gasteiger charge is 2.44. The van der Waals surface area contributed by atoms with Gasteiger partial charge in [-0.3, -0.25) is 4.79 Å². The first-order valence-electron chi connectivity index (χ1n) is 8.05. The van der Waals surface area contributed by atoms with E-state index in [0.717, 1.165) is 49.3 Å². The van der Waals surface area contributed by atoms with Crippen molar-refractivity contribution in [3.8, 4) is 11.5 Å². The van der Waals surface area contributed by atoms with Crippen molar-refractivity contribution in [1.82, 2.24) is 0 Å². The van der Waals surface area contributed by atoms with Crippen LogP contribution in [-0.2, 0) is 11.2 Å². The standard InChI is InChI=1S/C18H19NO3S/c20-17(6-3-13-7-10-23-12-13)19-14-4-5-15-16(11-14)22-18(21-15)8-1-2-9-18/h4-5,7,10-12H,1-3,6,8-9H2,(H,19,20). The average Bonchev–Trinajstić information content (AvgIpc) is 3.26. The van der Waals surface area contributed by atoms with Crippen LogP contribution in [0.2, 0.25) is 0 Å². The summed E-state index contributed by atoms with van der Waals surface area (Å²) in [5, 5.41) is 7.05. The van der Waals surface area contributed by atoms with Crippen molar-refractivity contribution in [3.05, 3.63) is 40.6 Å². The molecule has 1 spiro atoms. The molecule has 1 aromatic heterocycles. The van der Waals surface area contributed by atoms with Gasteiger partial charge < -0.3 is 14.8 Å². The van der Waals surface area contributed by atoms with Crippen molar-refractivity contribution < 1.29 is 14.3 Å². The van der Waals surface area contributed by atoms with Crippen LogP contribution in [0.3, 0.4) is 0 Å². The van der Waals surface area contributed by atoms with Crippen LogP contribution in [0.4, 0.5) is 5.69 Å². The molecule has 0 saturated heterocycles. The molecule has 0 atom stereocenters. The number of hydrogen-bond donors (Lipinski definition) is 1. The van der Waals surface area contributed by atoms with Gasteiger partial charge in [-0.1, -0.05) is 0 Å². The van der Waals surface area contributed by atoms with Crippen molar-refractivity contribution >= 4 is 22.9 Å². The minimum atomic E-state index is -0.454. The molecule has 4 nitrogen and oxygen atoms in total. The van der Waals surface area contributed by atoms with Crippen LogP contribution in [0.15, 0.2) is 35.0 Å². The van der Waals surface area contributed by atoms with Gasteiger partial charge in [0.25, 0.3) is 5.79 Å². The largest absolute Gasteiger partial charge is 0.448 e. The lowest BCUT2D eigenvalue weighted by molar-refractivity contribution is -0.116. The highest BCUT2D eigenvalue weighted by molar-refractivity contribution is 7.07. The number of fused-ring (bicyclic) bond motifs is 1. The van der Waals surface area contributed by atoms with Crippen molar-refractivity contribution in [2.45, 2.75) is 44.3 Å². The van der Waals surface area contributed by atoms with Gasteiger partial charge in [0.1, 0.15) is 0 Å². The molecule has 2 aliphatic rings. The number of carbonyl (C=O) groups is 1. The fourth-order valence-electron chi connectivity index (χ4n) is 3.21. The Morgan fingerprint density at radius 1 is 1.17 bits per heavy atom. The number of carbonyl (C=O) groups excluding carboxylic acids is 1. The molecule has 0 unspecified atom stereocenters. The molecule has 120 valence electrons. The van der Waals surface area contributed by atoms with E-state index in [2.05, 4.69) is 16.8 Å². The maximum absolute atomic E-state index is 12.1. The number of benzene rings is 1. The second-order valence-electron chi connectivity index (χ2n) is 6.16. The van der Waals surface area contributed by atoms with Gasteiger partial charge in [-0.15, -0.1) is 0 Å². The molecule has 1 aliphatic heterocycles. The summed E-state index contributed by atoms with van der Waals surface area (Å²) in [5.74, 6) is 1.08. The summed E-state index contributed by atoms with van der Waals surface area (Å²) in [6, 6.07) is 7.68. The number of thiophene rings is 1. The molecule has 1 amide bonds. The van der Waals surface area contributed by atoms with Crippen LogP contribution < -0.4 is 14.8 Å².